The van der Waals surface area contributed by atoms with Crippen LogP contribution in [0.5, 0.6) is 0 Å². The third kappa shape index (κ3) is 4.38. The van der Waals surface area contributed by atoms with Crippen molar-refractivity contribution in [1.29, 1.82) is 0 Å². The molecule has 9 nitrogen and oxygen atoms in total. The van der Waals surface area contributed by atoms with Gasteiger partial charge in [-0.3, -0.25) is 19.0 Å². The van der Waals surface area contributed by atoms with Gasteiger partial charge in [-0.25, -0.2) is 9.48 Å². The molecule has 2 aromatic rings. The highest BCUT2D eigenvalue weighted by atomic mass is 16.2. The number of carbonyl (C=O) groups excluding carboxylic acids is 1. The molecule has 1 aliphatic heterocycles. The van der Waals surface area contributed by atoms with Crippen LogP contribution in [0.15, 0.2) is 32.7 Å². The summed E-state index contributed by atoms with van der Waals surface area (Å²) in [4.78, 5) is 52.6. The Morgan fingerprint density at radius 1 is 1.17 bits per heavy atom. The molecule has 0 atom stereocenters. The van der Waals surface area contributed by atoms with E-state index in [4.69, 9.17) is 0 Å². The topological polar surface area (TPSA) is 110 Å². The number of aromatic amines is 1. The van der Waals surface area contributed by atoms with E-state index in [0.29, 0.717) is 32.5 Å². The Bertz CT molecular complexity index is 1080. The van der Waals surface area contributed by atoms with Gasteiger partial charge in [0.05, 0.1) is 5.69 Å². The van der Waals surface area contributed by atoms with Gasteiger partial charge >= 0.3 is 5.69 Å². The van der Waals surface area contributed by atoms with Crippen LogP contribution in [0.3, 0.4) is 0 Å². The van der Waals surface area contributed by atoms with Gasteiger partial charge < -0.3 is 9.88 Å². The first-order valence-electron chi connectivity index (χ1n) is 9.74. The second-order valence-electron chi connectivity index (χ2n) is 8.60. The molecular formula is C20H27N5O4. The lowest BCUT2D eigenvalue weighted by molar-refractivity contribution is 0.0677. The third-order valence-corrected chi connectivity index (χ3v) is 5.38. The lowest BCUT2D eigenvalue weighted by Crippen LogP contribution is -2.44. The summed E-state index contributed by atoms with van der Waals surface area (Å²) >= 11 is 0. The highest BCUT2D eigenvalue weighted by Gasteiger charge is 2.26. The van der Waals surface area contributed by atoms with E-state index in [1.165, 1.54) is 17.9 Å². The fourth-order valence-corrected chi connectivity index (χ4v) is 3.43. The SMILES string of the molecule is Cn1c(=O)[nH]cc(C(=O)N2CCC(Cn3nc(C(C)(C)C)ccc3=O)CC2)c1=O. The molecule has 3 heterocycles. The van der Waals surface area contributed by atoms with Gasteiger partial charge in [-0.2, -0.15) is 5.10 Å². The number of likely N-dealkylation sites (tertiary alicyclic amines) is 1. The van der Waals surface area contributed by atoms with Crippen LogP contribution in [-0.4, -0.2) is 43.2 Å². The molecule has 0 radical (unpaired) electrons. The van der Waals surface area contributed by atoms with Gasteiger partial charge in [0.2, 0.25) is 0 Å². The van der Waals surface area contributed by atoms with Gasteiger partial charge in [-0.15, -0.1) is 0 Å². The predicted octanol–water partition coefficient (Wildman–Crippen LogP) is 0.480. The van der Waals surface area contributed by atoms with Crippen LogP contribution in [0.4, 0.5) is 0 Å². The van der Waals surface area contributed by atoms with Gasteiger partial charge in [-0.05, 0) is 24.8 Å². The molecule has 2 aromatic heterocycles. The van der Waals surface area contributed by atoms with Gasteiger partial charge in [-0.1, -0.05) is 20.8 Å². The monoisotopic (exact) mass is 401 g/mol. The van der Waals surface area contributed by atoms with E-state index in [9.17, 15) is 19.2 Å². The van der Waals surface area contributed by atoms with E-state index in [2.05, 4.69) is 30.9 Å². The second-order valence-corrected chi connectivity index (χ2v) is 8.60. The molecule has 3 rings (SSSR count). The molecule has 0 spiro atoms. The largest absolute Gasteiger partial charge is 0.338 e. The number of amides is 1. The van der Waals surface area contributed by atoms with Crippen LogP contribution in [0.25, 0.3) is 0 Å². The van der Waals surface area contributed by atoms with Gasteiger partial charge in [0.1, 0.15) is 5.56 Å². The number of aromatic nitrogens is 4. The number of rotatable bonds is 3. The van der Waals surface area contributed by atoms with Crippen molar-refractivity contribution in [3.05, 3.63) is 60.8 Å². The minimum atomic E-state index is -0.601. The third-order valence-electron chi connectivity index (χ3n) is 5.38. The number of carbonyl (C=O) groups is 1. The molecule has 0 unspecified atom stereocenters. The first-order chi connectivity index (χ1) is 13.6. The minimum Gasteiger partial charge on any atom is -0.338 e. The molecule has 0 bridgehead atoms. The van der Waals surface area contributed by atoms with Crippen LogP contribution in [-0.2, 0) is 19.0 Å². The Morgan fingerprint density at radius 3 is 2.45 bits per heavy atom. The summed E-state index contributed by atoms with van der Waals surface area (Å²) in [7, 11) is 1.33. The molecule has 29 heavy (non-hydrogen) atoms. The summed E-state index contributed by atoms with van der Waals surface area (Å²) in [6.07, 6.45) is 2.60. The van der Waals surface area contributed by atoms with Crippen molar-refractivity contribution in [2.75, 3.05) is 13.1 Å². The Hall–Kier alpha value is -2.97. The fourth-order valence-electron chi connectivity index (χ4n) is 3.43. The van der Waals surface area contributed by atoms with Crippen molar-refractivity contribution < 1.29 is 4.79 Å². The van der Waals surface area contributed by atoms with Crippen LogP contribution in [0.1, 0.15) is 49.7 Å². The van der Waals surface area contributed by atoms with Gasteiger partial charge in [0, 0.05) is 44.4 Å². The van der Waals surface area contributed by atoms with E-state index in [1.54, 1.807) is 17.0 Å². The Balaban J connectivity index is 1.68. The number of nitrogens with one attached hydrogen (secondary N) is 1. The summed E-state index contributed by atoms with van der Waals surface area (Å²) in [5, 5.41) is 4.51. The molecule has 0 aliphatic carbocycles. The normalized spacial score (nSPS) is 15.5. The van der Waals surface area contributed by atoms with E-state index < -0.39 is 11.2 Å². The van der Waals surface area contributed by atoms with Crippen LogP contribution in [0, 0.1) is 5.92 Å². The van der Waals surface area contributed by atoms with Crippen molar-refractivity contribution in [2.24, 2.45) is 13.0 Å². The average molecular weight is 401 g/mol. The first-order valence-corrected chi connectivity index (χ1v) is 9.74. The maximum absolute atomic E-state index is 12.7. The number of hydrogen-bond acceptors (Lipinski definition) is 5. The molecular weight excluding hydrogens is 374 g/mol. The average Bonchev–Trinajstić information content (AvgIpc) is 2.67. The first kappa shape index (κ1) is 20.8. The van der Waals surface area contributed by atoms with Gasteiger partial charge in [0.25, 0.3) is 17.0 Å². The van der Waals surface area contributed by atoms with Gasteiger partial charge in [0.15, 0.2) is 0 Å². The molecule has 0 saturated carbocycles. The molecule has 1 amide bonds. The van der Waals surface area contributed by atoms with Crippen LogP contribution >= 0.6 is 0 Å². The molecule has 1 saturated heterocycles. The zero-order valence-corrected chi connectivity index (χ0v) is 17.3. The Labute approximate surface area is 168 Å². The van der Waals surface area contributed by atoms with Crippen molar-refractivity contribution in [3.63, 3.8) is 0 Å². The molecule has 9 heteroatoms. The molecule has 1 aliphatic rings. The number of H-pyrrole nitrogens is 1. The number of piperidine rings is 1. The fraction of sp³-hybridized carbons (Fsp3) is 0.550. The summed E-state index contributed by atoms with van der Waals surface area (Å²) in [6.45, 7) is 7.63. The smallest absolute Gasteiger partial charge is 0.328 e. The maximum atomic E-state index is 12.7. The lowest BCUT2D eigenvalue weighted by atomic mass is 9.92. The predicted molar refractivity (Wildman–Crippen MR) is 108 cm³/mol. The van der Waals surface area contributed by atoms with E-state index in [1.807, 2.05) is 0 Å². The van der Waals surface area contributed by atoms with E-state index in [0.717, 1.165) is 10.3 Å². The Kier molecular flexibility index (Phi) is 5.59. The molecule has 1 fully saturated rings. The zero-order valence-electron chi connectivity index (χ0n) is 17.3. The summed E-state index contributed by atoms with van der Waals surface area (Å²) < 4.78 is 2.40. The summed E-state index contributed by atoms with van der Waals surface area (Å²) in [5.41, 5.74) is -0.613. The lowest BCUT2D eigenvalue weighted by Gasteiger charge is -2.32. The van der Waals surface area contributed by atoms with Crippen molar-refractivity contribution in [3.8, 4) is 0 Å². The van der Waals surface area contributed by atoms with E-state index >= 15 is 0 Å². The standard InChI is InChI=1S/C20H27N5O4/c1-20(2,3)15-5-6-16(26)25(22-15)12-13-7-9-24(10-8-13)18(28)14-11-21-19(29)23(4)17(14)27/h5-6,11,13H,7-10,12H2,1-4H3,(H,21,29). The zero-order chi connectivity index (χ0) is 21.3. The van der Waals surface area contributed by atoms with Crippen molar-refractivity contribution >= 4 is 5.91 Å². The quantitative estimate of drug-likeness (QED) is 0.804. The highest BCUT2D eigenvalue weighted by molar-refractivity contribution is 5.93. The molecule has 156 valence electrons. The molecule has 1 N–H and O–H groups in total. The number of hydrogen-bond donors (Lipinski definition) is 1. The van der Waals surface area contributed by atoms with E-state index in [-0.39, 0.29) is 28.4 Å². The maximum Gasteiger partial charge on any atom is 0.328 e. The van der Waals surface area contributed by atoms with Crippen molar-refractivity contribution in [1.82, 2.24) is 24.2 Å². The summed E-state index contributed by atoms with van der Waals surface area (Å²) in [6, 6.07) is 3.32. The minimum absolute atomic E-state index is 0.0404. The van der Waals surface area contributed by atoms with Crippen LogP contribution < -0.4 is 16.8 Å². The highest BCUT2D eigenvalue weighted by Crippen LogP contribution is 2.21. The second kappa shape index (κ2) is 7.81. The van der Waals surface area contributed by atoms with Crippen molar-refractivity contribution in [2.45, 2.75) is 45.6 Å². The van der Waals surface area contributed by atoms with Crippen LogP contribution in [0.2, 0.25) is 0 Å². The Morgan fingerprint density at radius 2 is 1.83 bits per heavy atom. The summed E-state index contributed by atoms with van der Waals surface area (Å²) in [5.74, 6) is -0.164. The molecule has 0 aromatic carbocycles. The number of nitrogens with zero attached hydrogens (tertiary/aromatic N) is 4.